The number of benzene rings is 1. The van der Waals surface area contributed by atoms with Gasteiger partial charge in [0.1, 0.15) is 11.9 Å². The van der Waals surface area contributed by atoms with Crippen LogP contribution in [0.25, 0.3) is 11.3 Å². The zero-order valence-electron chi connectivity index (χ0n) is 9.28. The number of aromatic nitrogens is 2. The quantitative estimate of drug-likeness (QED) is 0.679. The molecule has 0 fully saturated rings. The van der Waals surface area contributed by atoms with Crippen LogP contribution >= 0.6 is 11.6 Å². The van der Waals surface area contributed by atoms with Crippen molar-refractivity contribution < 1.29 is 10.0 Å². The van der Waals surface area contributed by atoms with Crippen LogP contribution in [-0.4, -0.2) is 26.4 Å². The smallest absolute Gasteiger partial charge is 0.314 e. The topological polar surface area (TPSA) is 81.2 Å². The minimum Gasteiger partial charge on any atom is -0.394 e. The van der Waals surface area contributed by atoms with E-state index in [9.17, 15) is 10.1 Å². The van der Waals surface area contributed by atoms with Gasteiger partial charge in [0.25, 0.3) is 0 Å². The van der Waals surface area contributed by atoms with E-state index in [1.54, 1.807) is 24.3 Å². The van der Waals surface area contributed by atoms with Crippen molar-refractivity contribution in [2.75, 3.05) is 6.61 Å². The molecule has 0 saturated heterocycles. The highest BCUT2D eigenvalue weighted by atomic mass is 35.5. The summed E-state index contributed by atoms with van der Waals surface area (Å²) in [6.07, 6.45) is 1.16. The average molecular weight is 268 g/mol. The van der Waals surface area contributed by atoms with E-state index in [2.05, 4.69) is 5.10 Å². The molecule has 0 aliphatic rings. The highest BCUT2D eigenvalue weighted by Gasteiger charge is 2.23. The van der Waals surface area contributed by atoms with Crippen molar-refractivity contribution in [1.29, 1.82) is 0 Å². The van der Waals surface area contributed by atoms with Crippen LogP contribution in [0.5, 0.6) is 0 Å². The Bertz CT molecular complexity index is 583. The number of aliphatic hydroxyl groups is 1. The number of nitro groups is 1. The summed E-state index contributed by atoms with van der Waals surface area (Å²) in [6, 6.07) is 6.81. The maximum Gasteiger partial charge on any atom is 0.314 e. The maximum atomic E-state index is 11.0. The lowest BCUT2D eigenvalue weighted by Crippen LogP contribution is -2.06. The first-order valence-corrected chi connectivity index (χ1v) is 5.59. The van der Waals surface area contributed by atoms with Crippen LogP contribution in [0.2, 0.25) is 5.02 Å². The SMILES string of the molecule is O=[N+]([O-])c1cnn(CCO)c1-c1ccccc1Cl. The third kappa shape index (κ3) is 2.20. The van der Waals surface area contributed by atoms with E-state index in [1.165, 1.54) is 4.68 Å². The predicted molar refractivity (Wildman–Crippen MR) is 66.4 cm³/mol. The van der Waals surface area contributed by atoms with Crippen molar-refractivity contribution in [3.05, 3.63) is 45.6 Å². The fourth-order valence-corrected chi connectivity index (χ4v) is 1.93. The van der Waals surface area contributed by atoms with Crippen molar-refractivity contribution in [3.8, 4) is 11.3 Å². The van der Waals surface area contributed by atoms with Crippen molar-refractivity contribution in [1.82, 2.24) is 9.78 Å². The molecule has 0 saturated carbocycles. The van der Waals surface area contributed by atoms with E-state index in [4.69, 9.17) is 16.7 Å². The molecule has 0 radical (unpaired) electrons. The van der Waals surface area contributed by atoms with Crippen LogP contribution in [0.15, 0.2) is 30.5 Å². The van der Waals surface area contributed by atoms with Crippen LogP contribution in [0, 0.1) is 10.1 Å². The molecule has 2 rings (SSSR count). The Hall–Kier alpha value is -1.92. The van der Waals surface area contributed by atoms with E-state index in [0.29, 0.717) is 16.3 Å². The highest BCUT2D eigenvalue weighted by molar-refractivity contribution is 6.33. The molecule has 2 aromatic rings. The molecule has 0 amide bonds. The normalized spacial score (nSPS) is 10.6. The van der Waals surface area contributed by atoms with E-state index in [1.807, 2.05) is 0 Å². The summed E-state index contributed by atoms with van der Waals surface area (Å²) in [5.41, 5.74) is 0.702. The largest absolute Gasteiger partial charge is 0.394 e. The Balaban J connectivity index is 2.63. The summed E-state index contributed by atoms with van der Waals surface area (Å²) >= 11 is 6.04. The predicted octanol–water partition coefficient (Wildman–Crippen LogP) is 2.10. The molecule has 0 atom stereocenters. The van der Waals surface area contributed by atoms with Crippen molar-refractivity contribution in [3.63, 3.8) is 0 Å². The van der Waals surface area contributed by atoms with E-state index in [0.717, 1.165) is 6.20 Å². The van der Waals surface area contributed by atoms with Gasteiger partial charge in [0, 0.05) is 5.56 Å². The number of nitrogens with zero attached hydrogens (tertiary/aromatic N) is 3. The van der Waals surface area contributed by atoms with Gasteiger partial charge in [0.2, 0.25) is 0 Å². The Labute approximate surface area is 108 Å². The van der Waals surface area contributed by atoms with Gasteiger partial charge >= 0.3 is 5.69 Å². The number of halogens is 1. The second kappa shape index (κ2) is 5.16. The molecule has 0 aliphatic carbocycles. The first kappa shape index (κ1) is 12.5. The number of hydrogen-bond donors (Lipinski definition) is 1. The lowest BCUT2D eigenvalue weighted by Gasteiger charge is -2.06. The molecule has 1 heterocycles. The zero-order chi connectivity index (χ0) is 13.1. The van der Waals surface area contributed by atoms with Crippen molar-refractivity contribution >= 4 is 17.3 Å². The van der Waals surface area contributed by atoms with Crippen LogP contribution in [0.1, 0.15) is 0 Å². The zero-order valence-corrected chi connectivity index (χ0v) is 10.0. The third-order valence-corrected chi connectivity index (χ3v) is 2.79. The van der Waals surface area contributed by atoms with Gasteiger partial charge in [-0.05, 0) is 6.07 Å². The van der Waals surface area contributed by atoms with Crippen LogP contribution < -0.4 is 0 Å². The lowest BCUT2D eigenvalue weighted by molar-refractivity contribution is -0.384. The molecule has 0 spiro atoms. The number of hydrogen-bond acceptors (Lipinski definition) is 4. The number of aliphatic hydroxyl groups excluding tert-OH is 1. The first-order valence-electron chi connectivity index (χ1n) is 5.21. The van der Waals surface area contributed by atoms with Gasteiger partial charge in [0.15, 0.2) is 0 Å². The summed E-state index contributed by atoms with van der Waals surface area (Å²) in [7, 11) is 0. The molecule has 1 N–H and O–H groups in total. The molecule has 94 valence electrons. The van der Waals surface area contributed by atoms with Gasteiger partial charge in [-0.2, -0.15) is 5.10 Å². The second-order valence-electron chi connectivity index (χ2n) is 3.56. The maximum absolute atomic E-state index is 11.0. The van der Waals surface area contributed by atoms with Gasteiger partial charge < -0.3 is 5.11 Å². The molecule has 7 heteroatoms. The Morgan fingerprint density at radius 3 is 2.78 bits per heavy atom. The minimum absolute atomic E-state index is 0.128. The molecule has 18 heavy (non-hydrogen) atoms. The summed E-state index contributed by atoms with van der Waals surface area (Å²) < 4.78 is 1.37. The van der Waals surface area contributed by atoms with Gasteiger partial charge in [0.05, 0.1) is 23.1 Å². The van der Waals surface area contributed by atoms with Crippen LogP contribution in [0.4, 0.5) is 5.69 Å². The first-order chi connectivity index (χ1) is 8.65. The summed E-state index contributed by atoms with van der Waals surface area (Å²) in [6.45, 7) is 0.0185. The molecule has 0 aliphatic heterocycles. The molecular weight excluding hydrogens is 258 g/mol. The standard InChI is InChI=1S/C11H10ClN3O3/c12-9-4-2-1-3-8(9)11-10(15(17)18)7-13-14(11)5-6-16/h1-4,7,16H,5-6H2. The minimum atomic E-state index is -0.514. The second-order valence-corrected chi connectivity index (χ2v) is 3.97. The van der Waals surface area contributed by atoms with Gasteiger partial charge in [-0.1, -0.05) is 29.8 Å². The molecular formula is C11H10ClN3O3. The Morgan fingerprint density at radius 2 is 2.17 bits per heavy atom. The molecule has 0 bridgehead atoms. The van der Waals surface area contributed by atoms with Gasteiger partial charge in [-0.25, -0.2) is 0 Å². The fraction of sp³-hybridized carbons (Fsp3) is 0.182. The fourth-order valence-electron chi connectivity index (χ4n) is 1.70. The van der Waals surface area contributed by atoms with Crippen molar-refractivity contribution in [2.45, 2.75) is 6.54 Å². The number of rotatable bonds is 4. The monoisotopic (exact) mass is 267 g/mol. The lowest BCUT2D eigenvalue weighted by atomic mass is 10.1. The molecule has 0 unspecified atom stereocenters. The van der Waals surface area contributed by atoms with Gasteiger partial charge in [-0.15, -0.1) is 0 Å². The molecule has 1 aromatic heterocycles. The van der Waals surface area contributed by atoms with E-state index < -0.39 is 4.92 Å². The van der Waals surface area contributed by atoms with Crippen LogP contribution in [0.3, 0.4) is 0 Å². The summed E-state index contributed by atoms with van der Waals surface area (Å²) in [4.78, 5) is 10.5. The van der Waals surface area contributed by atoms with E-state index >= 15 is 0 Å². The van der Waals surface area contributed by atoms with Crippen LogP contribution in [-0.2, 0) is 6.54 Å². The van der Waals surface area contributed by atoms with Gasteiger partial charge in [-0.3, -0.25) is 14.8 Å². The Morgan fingerprint density at radius 1 is 1.44 bits per heavy atom. The van der Waals surface area contributed by atoms with E-state index in [-0.39, 0.29) is 18.8 Å². The molecule has 6 nitrogen and oxygen atoms in total. The third-order valence-electron chi connectivity index (χ3n) is 2.46. The highest BCUT2D eigenvalue weighted by Crippen LogP contribution is 2.34. The summed E-state index contributed by atoms with van der Waals surface area (Å²) in [5, 5.41) is 24.2. The molecule has 1 aromatic carbocycles. The Kier molecular flexibility index (Phi) is 3.59. The average Bonchev–Trinajstić information content (AvgIpc) is 2.74. The van der Waals surface area contributed by atoms with Crippen molar-refractivity contribution in [2.24, 2.45) is 0 Å². The summed E-state index contributed by atoms with van der Waals surface area (Å²) in [5.74, 6) is 0.